The van der Waals surface area contributed by atoms with Crippen LogP contribution in [0.15, 0.2) is 52.4 Å². The first-order chi connectivity index (χ1) is 13.3. The number of halogens is 1. The summed E-state index contributed by atoms with van der Waals surface area (Å²) in [6.45, 7) is 7.20. The molecule has 3 rings (SSSR count). The van der Waals surface area contributed by atoms with Gasteiger partial charge in [-0.3, -0.25) is 14.2 Å². The van der Waals surface area contributed by atoms with Crippen LogP contribution in [0.5, 0.6) is 0 Å². The molecule has 7 heteroatoms. The van der Waals surface area contributed by atoms with Crippen LogP contribution in [0, 0.1) is 12.7 Å². The molecular formula is C21H22FN3O2S. The number of para-hydroxylation sites is 1. The van der Waals surface area contributed by atoms with Crippen molar-refractivity contribution < 1.29 is 9.18 Å². The van der Waals surface area contributed by atoms with Gasteiger partial charge in [0.1, 0.15) is 5.82 Å². The van der Waals surface area contributed by atoms with Crippen LogP contribution in [0.3, 0.4) is 0 Å². The van der Waals surface area contributed by atoms with Crippen molar-refractivity contribution in [1.82, 2.24) is 9.55 Å². The zero-order chi connectivity index (χ0) is 20.4. The molecule has 0 unspecified atom stereocenters. The number of amides is 1. The molecule has 28 heavy (non-hydrogen) atoms. The van der Waals surface area contributed by atoms with Gasteiger partial charge >= 0.3 is 0 Å². The number of aromatic nitrogens is 2. The topological polar surface area (TPSA) is 64.0 Å². The number of benzene rings is 2. The third kappa shape index (κ3) is 4.09. The molecule has 1 heterocycles. The van der Waals surface area contributed by atoms with Gasteiger partial charge in [0.2, 0.25) is 5.91 Å². The number of hydrogen-bond donors (Lipinski definition) is 1. The number of aryl methyl sites for hydroxylation is 1. The fraction of sp³-hybridized carbons (Fsp3) is 0.286. The normalized spacial score (nSPS) is 12.4. The lowest BCUT2D eigenvalue weighted by Crippen LogP contribution is -2.28. The van der Waals surface area contributed by atoms with Gasteiger partial charge in [0.25, 0.3) is 5.56 Å². The van der Waals surface area contributed by atoms with Crippen LogP contribution in [-0.2, 0) is 4.79 Å². The molecule has 0 fully saturated rings. The largest absolute Gasteiger partial charge is 0.325 e. The minimum atomic E-state index is -0.526. The number of carbonyl (C=O) groups excluding carboxylic acids is 1. The van der Waals surface area contributed by atoms with Crippen LogP contribution in [0.1, 0.15) is 32.4 Å². The molecule has 1 aromatic heterocycles. The number of hydrogen-bond acceptors (Lipinski definition) is 4. The predicted octanol–water partition coefficient (Wildman–Crippen LogP) is 4.54. The summed E-state index contributed by atoms with van der Waals surface area (Å²) in [4.78, 5) is 30.0. The fourth-order valence-electron chi connectivity index (χ4n) is 2.79. The highest BCUT2D eigenvalue weighted by Crippen LogP contribution is 2.26. The van der Waals surface area contributed by atoms with Crippen molar-refractivity contribution in [2.75, 3.05) is 5.32 Å². The van der Waals surface area contributed by atoms with Crippen molar-refractivity contribution in [3.8, 4) is 0 Å². The lowest BCUT2D eigenvalue weighted by atomic mass is 10.2. The fourth-order valence-corrected chi connectivity index (χ4v) is 3.83. The highest BCUT2D eigenvalue weighted by Gasteiger charge is 2.21. The molecule has 0 aliphatic carbocycles. The van der Waals surface area contributed by atoms with E-state index in [0.717, 1.165) is 0 Å². The minimum Gasteiger partial charge on any atom is -0.325 e. The average molecular weight is 399 g/mol. The number of nitrogens with one attached hydrogen (secondary N) is 1. The molecule has 0 aliphatic heterocycles. The van der Waals surface area contributed by atoms with Crippen LogP contribution >= 0.6 is 11.8 Å². The summed E-state index contributed by atoms with van der Waals surface area (Å²) in [5, 5.41) is 3.22. The summed E-state index contributed by atoms with van der Waals surface area (Å²) in [5.74, 6) is -0.658. The lowest BCUT2D eigenvalue weighted by molar-refractivity contribution is -0.115. The number of fused-ring (bicyclic) bond motifs is 1. The van der Waals surface area contributed by atoms with Gasteiger partial charge in [-0.15, -0.1) is 0 Å². The maximum absolute atomic E-state index is 13.7. The third-order valence-electron chi connectivity index (χ3n) is 4.38. The summed E-state index contributed by atoms with van der Waals surface area (Å²) in [6.07, 6.45) is 0. The predicted molar refractivity (Wildman–Crippen MR) is 111 cm³/mol. The monoisotopic (exact) mass is 399 g/mol. The van der Waals surface area contributed by atoms with Gasteiger partial charge < -0.3 is 5.32 Å². The smallest absolute Gasteiger partial charge is 0.262 e. The second-order valence-corrected chi connectivity index (χ2v) is 8.20. The summed E-state index contributed by atoms with van der Waals surface area (Å²) in [5.41, 5.74) is 1.38. The number of carbonyl (C=O) groups is 1. The molecular weight excluding hydrogens is 377 g/mol. The SMILES string of the molecule is Cc1ccc(NC(=O)[C@@H](C)Sc2nc3ccccc3c(=O)n2C(C)C)cc1F. The highest BCUT2D eigenvalue weighted by atomic mass is 32.2. The van der Waals surface area contributed by atoms with Crippen molar-refractivity contribution in [2.45, 2.75) is 44.1 Å². The quantitative estimate of drug-likeness (QED) is 0.505. The molecule has 3 aromatic rings. The second-order valence-electron chi connectivity index (χ2n) is 6.89. The summed E-state index contributed by atoms with van der Waals surface area (Å²) >= 11 is 1.21. The van der Waals surface area contributed by atoms with Gasteiger partial charge in [0.05, 0.1) is 16.2 Å². The van der Waals surface area contributed by atoms with E-state index < -0.39 is 5.25 Å². The Hall–Kier alpha value is -2.67. The Morgan fingerprint density at radius 3 is 2.57 bits per heavy atom. The molecule has 5 nitrogen and oxygen atoms in total. The first-order valence-corrected chi connectivity index (χ1v) is 9.91. The summed E-state index contributed by atoms with van der Waals surface area (Å²) in [6, 6.07) is 11.6. The van der Waals surface area contributed by atoms with Crippen molar-refractivity contribution in [3.05, 3.63) is 64.2 Å². The molecule has 0 saturated heterocycles. The molecule has 0 saturated carbocycles. The Labute approximate surface area is 167 Å². The van der Waals surface area contributed by atoms with E-state index in [9.17, 15) is 14.0 Å². The first-order valence-electron chi connectivity index (χ1n) is 9.03. The van der Waals surface area contributed by atoms with Crippen molar-refractivity contribution in [1.29, 1.82) is 0 Å². The highest BCUT2D eigenvalue weighted by molar-refractivity contribution is 8.00. The molecule has 1 N–H and O–H groups in total. The maximum atomic E-state index is 13.7. The molecule has 0 radical (unpaired) electrons. The van der Waals surface area contributed by atoms with E-state index >= 15 is 0 Å². The van der Waals surface area contributed by atoms with Crippen LogP contribution < -0.4 is 10.9 Å². The molecule has 2 aromatic carbocycles. The molecule has 1 amide bonds. The van der Waals surface area contributed by atoms with E-state index in [2.05, 4.69) is 10.3 Å². The summed E-state index contributed by atoms with van der Waals surface area (Å²) < 4.78 is 15.3. The molecule has 0 aliphatic rings. The van der Waals surface area contributed by atoms with Gasteiger partial charge in [-0.2, -0.15) is 0 Å². The Morgan fingerprint density at radius 1 is 1.18 bits per heavy atom. The number of rotatable bonds is 5. The van der Waals surface area contributed by atoms with E-state index in [0.29, 0.717) is 27.3 Å². The maximum Gasteiger partial charge on any atom is 0.262 e. The second kappa shape index (κ2) is 8.14. The lowest BCUT2D eigenvalue weighted by Gasteiger charge is -2.18. The Balaban J connectivity index is 1.88. The van der Waals surface area contributed by atoms with Crippen molar-refractivity contribution in [2.24, 2.45) is 0 Å². The molecule has 0 bridgehead atoms. The standard InChI is InChI=1S/C21H22FN3O2S/c1-12(2)25-20(27)16-7-5-6-8-18(16)24-21(25)28-14(4)19(26)23-15-10-9-13(3)17(22)11-15/h5-12,14H,1-4H3,(H,23,26)/t14-/m1/s1. The first kappa shape index (κ1) is 20.1. The molecule has 0 spiro atoms. The third-order valence-corrected chi connectivity index (χ3v) is 5.45. The Kier molecular flexibility index (Phi) is 5.84. The average Bonchev–Trinajstić information content (AvgIpc) is 2.64. The van der Waals surface area contributed by atoms with Crippen LogP contribution in [-0.4, -0.2) is 20.7 Å². The zero-order valence-corrected chi connectivity index (χ0v) is 17.0. The van der Waals surface area contributed by atoms with Crippen LogP contribution in [0.25, 0.3) is 10.9 Å². The minimum absolute atomic E-state index is 0.103. The van der Waals surface area contributed by atoms with Crippen LogP contribution in [0.4, 0.5) is 10.1 Å². The number of anilines is 1. The van der Waals surface area contributed by atoms with E-state index in [4.69, 9.17) is 0 Å². The van der Waals surface area contributed by atoms with Crippen LogP contribution in [0.2, 0.25) is 0 Å². The Morgan fingerprint density at radius 2 is 1.89 bits per heavy atom. The van der Waals surface area contributed by atoms with E-state index in [-0.39, 0.29) is 23.3 Å². The van der Waals surface area contributed by atoms with Gasteiger partial charge in [-0.1, -0.05) is 30.0 Å². The van der Waals surface area contributed by atoms with Gasteiger partial charge in [0, 0.05) is 11.7 Å². The van der Waals surface area contributed by atoms with Crippen molar-refractivity contribution >= 4 is 34.3 Å². The van der Waals surface area contributed by atoms with E-state index in [1.165, 1.54) is 17.8 Å². The summed E-state index contributed by atoms with van der Waals surface area (Å²) in [7, 11) is 0. The number of nitrogens with zero attached hydrogens (tertiary/aromatic N) is 2. The zero-order valence-electron chi connectivity index (χ0n) is 16.2. The molecule has 146 valence electrons. The van der Waals surface area contributed by atoms with Crippen molar-refractivity contribution in [3.63, 3.8) is 0 Å². The number of thioether (sulfide) groups is 1. The van der Waals surface area contributed by atoms with Gasteiger partial charge in [-0.05, 0) is 57.5 Å². The van der Waals surface area contributed by atoms with E-state index in [1.54, 1.807) is 48.7 Å². The van der Waals surface area contributed by atoms with Gasteiger partial charge in [-0.25, -0.2) is 9.37 Å². The van der Waals surface area contributed by atoms with E-state index in [1.807, 2.05) is 19.9 Å². The van der Waals surface area contributed by atoms with Gasteiger partial charge in [0.15, 0.2) is 5.16 Å². The molecule has 1 atom stereocenters. The Bertz CT molecular complexity index is 1090.